The molecule has 1 heterocycles. The molecule has 0 spiro atoms. The molecule has 0 saturated carbocycles. The van der Waals surface area contributed by atoms with E-state index in [1.807, 2.05) is 0 Å². The molecule has 0 bridgehead atoms. The van der Waals surface area contributed by atoms with Gasteiger partial charge in [-0.25, -0.2) is 0 Å². The molecule has 1 unspecified atom stereocenters. The average molecular weight is 141 g/mol. The Morgan fingerprint density at radius 2 is 1.60 bits per heavy atom. The number of hydrogen-bond acceptors (Lipinski definition) is 1. The second-order valence-corrected chi connectivity index (χ2v) is 3.52. The summed E-state index contributed by atoms with van der Waals surface area (Å²) in [7, 11) is 0. The van der Waals surface area contributed by atoms with E-state index in [2.05, 4.69) is 26.1 Å². The Balaban J connectivity index is 2.31. The SMILES string of the molecule is CCCC1(CCC)NC1C. The first kappa shape index (κ1) is 8.06. The Kier molecular flexibility index (Phi) is 2.35. The lowest BCUT2D eigenvalue weighted by molar-refractivity contribution is 0.500. The van der Waals surface area contributed by atoms with Gasteiger partial charge < -0.3 is 5.32 Å². The van der Waals surface area contributed by atoms with E-state index in [4.69, 9.17) is 0 Å². The van der Waals surface area contributed by atoms with Gasteiger partial charge in [-0.2, -0.15) is 0 Å². The maximum atomic E-state index is 3.55. The van der Waals surface area contributed by atoms with Gasteiger partial charge in [-0.15, -0.1) is 0 Å². The summed E-state index contributed by atoms with van der Waals surface area (Å²) < 4.78 is 0. The summed E-state index contributed by atoms with van der Waals surface area (Å²) >= 11 is 0. The van der Waals surface area contributed by atoms with Gasteiger partial charge in [0.25, 0.3) is 0 Å². The van der Waals surface area contributed by atoms with Crippen LogP contribution in [0.25, 0.3) is 0 Å². The first-order valence-corrected chi connectivity index (χ1v) is 4.53. The maximum Gasteiger partial charge on any atom is 0.0335 e. The molecule has 0 aliphatic carbocycles. The molecular formula is C9H19N. The van der Waals surface area contributed by atoms with Gasteiger partial charge in [0, 0.05) is 11.6 Å². The highest BCUT2D eigenvalue weighted by molar-refractivity contribution is 5.10. The standard InChI is InChI=1S/C9H19N/c1-4-6-9(7-5-2)8(3)10-9/h8,10H,4-7H2,1-3H3. The second kappa shape index (κ2) is 2.91. The molecule has 0 aromatic carbocycles. The van der Waals surface area contributed by atoms with Crippen LogP contribution in [0.3, 0.4) is 0 Å². The van der Waals surface area contributed by atoms with Crippen LogP contribution < -0.4 is 5.32 Å². The normalized spacial score (nSPS) is 28.5. The zero-order chi connectivity index (χ0) is 7.61. The lowest BCUT2D eigenvalue weighted by atomic mass is 9.95. The summed E-state index contributed by atoms with van der Waals surface area (Å²) in [6.45, 7) is 6.83. The van der Waals surface area contributed by atoms with Crippen LogP contribution in [0.4, 0.5) is 0 Å². The van der Waals surface area contributed by atoms with E-state index in [0.29, 0.717) is 5.54 Å². The Morgan fingerprint density at radius 1 is 1.20 bits per heavy atom. The molecular weight excluding hydrogens is 122 g/mol. The first-order chi connectivity index (χ1) is 4.75. The summed E-state index contributed by atoms with van der Waals surface area (Å²) in [5.74, 6) is 0. The van der Waals surface area contributed by atoms with Crippen LogP contribution >= 0.6 is 0 Å². The zero-order valence-corrected chi connectivity index (χ0v) is 7.41. The molecule has 1 heteroatoms. The molecule has 1 fully saturated rings. The summed E-state index contributed by atoms with van der Waals surface area (Å²) in [5, 5.41) is 3.55. The summed E-state index contributed by atoms with van der Waals surface area (Å²) in [4.78, 5) is 0. The van der Waals surface area contributed by atoms with E-state index in [1.165, 1.54) is 25.7 Å². The van der Waals surface area contributed by atoms with Gasteiger partial charge in [-0.3, -0.25) is 0 Å². The first-order valence-electron chi connectivity index (χ1n) is 4.53. The van der Waals surface area contributed by atoms with Crippen LogP contribution in [0.15, 0.2) is 0 Å². The lowest BCUT2D eigenvalue weighted by Crippen LogP contribution is -2.15. The van der Waals surface area contributed by atoms with Crippen molar-refractivity contribution in [3.8, 4) is 0 Å². The second-order valence-electron chi connectivity index (χ2n) is 3.52. The Labute approximate surface area is 64.2 Å². The van der Waals surface area contributed by atoms with Crippen LogP contribution in [-0.2, 0) is 0 Å². The number of nitrogens with one attached hydrogen (secondary N) is 1. The van der Waals surface area contributed by atoms with E-state index in [-0.39, 0.29) is 0 Å². The lowest BCUT2D eigenvalue weighted by Gasteiger charge is -2.10. The van der Waals surface area contributed by atoms with Crippen molar-refractivity contribution in [3.05, 3.63) is 0 Å². The summed E-state index contributed by atoms with van der Waals surface area (Å²) in [5.41, 5.74) is 0.559. The van der Waals surface area contributed by atoms with E-state index in [9.17, 15) is 0 Å². The largest absolute Gasteiger partial charge is 0.305 e. The van der Waals surface area contributed by atoms with Crippen LogP contribution in [0.1, 0.15) is 46.5 Å². The highest BCUT2D eigenvalue weighted by Crippen LogP contribution is 2.35. The molecule has 1 atom stereocenters. The Hall–Kier alpha value is -0.0400. The third-order valence-electron chi connectivity index (χ3n) is 2.64. The molecule has 1 saturated heterocycles. The molecule has 0 aromatic rings. The van der Waals surface area contributed by atoms with Crippen LogP contribution in [-0.4, -0.2) is 11.6 Å². The Bertz CT molecular complexity index is 103. The van der Waals surface area contributed by atoms with Crippen LogP contribution in [0.5, 0.6) is 0 Å². The predicted octanol–water partition coefficient (Wildman–Crippen LogP) is 2.32. The quantitative estimate of drug-likeness (QED) is 0.596. The van der Waals surface area contributed by atoms with E-state index in [1.54, 1.807) is 0 Å². The van der Waals surface area contributed by atoms with Gasteiger partial charge in [0.2, 0.25) is 0 Å². The van der Waals surface area contributed by atoms with Gasteiger partial charge in [0.1, 0.15) is 0 Å². The fourth-order valence-electron chi connectivity index (χ4n) is 1.98. The molecule has 60 valence electrons. The van der Waals surface area contributed by atoms with Crippen molar-refractivity contribution < 1.29 is 0 Å². The summed E-state index contributed by atoms with van der Waals surface area (Å²) in [6.07, 6.45) is 5.36. The third kappa shape index (κ3) is 1.34. The van der Waals surface area contributed by atoms with Gasteiger partial charge in [0.15, 0.2) is 0 Å². The molecule has 0 radical (unpaired) electrons. The smallest absolute Gasteiger partial charge is 0.0335 e. The van der Waals surface area contributed by atoms with E-state index in [0.717, 1.165) is 6.04 Å². The average Bonchev–Trinajstić information content (AvgIpc) is 2.44. The summed E-state index contributed by atoms with van der Waals surface area (Å²) in [6, 6.07) is 0.785. The number of hydrogen-bond donors (Lipinski definition) is 1. The van der Waals surface area contributed by atoms with E-state index < -0.39 is 0 Å². The predicted molar refractivity (Wildman–Crippen MR) is 45.1 cm³/mol. The van der Waals surface area contributed by atoms with Crippen molar-refractivity contribution in [1.82, 2.24) is 5.32 Å². The third-order valence-corrected chi connectivity index (χ3v) is 2.64. The van der Waals surface area contributed by atoms with Crippen LogP contribution in [0, 0.1) is 0 Å². The zero-order valence-electron chi connectivity index (χ0n) is 7.41. The molecule has 1 N–H and O–H groups in total. The molecule has 1 nitrogen and oxygen atoms in total. The molecule has 1 rings (SSSR count). The highest BCUT2D eigenvalue weighted by atomic mass is 15.2. The van der Waals surface area contributed by atoms with Crippen molar-refractivity contribution in [2.75, 3.05) is 0 Å². The van der Waals surface area contributed by atoms with Crippen LogP contribution in [0.2, 0.25) is 0 Å². The van der Waals surface area contributed by atoms with Crippen molar-refractivity contribution in [3.63, 3.8) is 0 Å². The number of rotatable bonds is 4. The van der Waals surface area contributed by atoms with Crippen molar-refractivity contribution in [2.24, 2.45) is 0 Å². The minimum Gasteiger partial charge on any atom is -0.305 e. The molecule has 1 aliphatic rings. The van der Waals surface area contributed by atoms with Gasteiger partial charge in [-0.05, 0) is 19.8 Å². The van der Waals surface area contributed by atoms with Crippen molar-refractivity contribution in [1.29, 1.82) is 0 Å². The highest BCUT2D eigenvalue weighted by Gasteiger charge is 2.47. The van der Waals surface area contributed by atoms with E-state index >= 15 is 0 Å². The monoisotopic (exact) mass is 141 g/mol. The molecule has 0 amide bonds. The molecule has 1 aliphatic heterocycles. The molecule has 10 heavy (non-hydrogen) atoms. The fourth-order valence-corrected chi connectivity index (χ4v) is 1.98. The van der Waals surface area contributed by atoms with Gasteiger partial charge in [-0.1, -0.05) is 26.7 Å². The minimum absolute atomic E-state index is 0.559. The minimum atomic E-state index is 0.559. The maximum absolute atomic E-state index is 3.55. The fraction of sp³-hybridized carbons (Fsp3) is 1.00. The Morgan fingerprint density at radius 3 is 1.80 bits per heavy atom. The van der Waals surface area contributed by atoms with Gasteiger partial charge in [0.05, 0.1) is 0 Å². The van der Waals surface area contributed by atoms with Gasteiger partial charge >= 0.3 is 0 Å². The van der Waals surface area contributed by atoms with Crippen molar-refractivity contribution in [2.45, 2.75) is 58.0 Å². The molecule has 0 aromatic heterocycles. The van der Waals surface area contributed by atoms with Crippen molar-refractivity contribution >= 4 is 0 Å². The topological polar surface area (TPSA) is 21.9 Å².